The number of aryl methyl sites for hydroxylation is 1. The third-order valence-electron chi connectivity index (χ3n) is 8.79. The van der Waals surface area contributed by atoms with Gasteiger partial charge >= 0.3 is 0 Å². The molecule has 1 aromatic carbocycles. The number of carbonyl (C=O) groups excluding carboxylic acids is 2. The molecule has 3 aliphatic rings. The number of rotatable bonds is 6. The second kappa shape index (κ2) is 16.2. The van der Waals surface area contributed by atoms with Gasteiger partial charge in [0.2, 0.25) is 6.41 Å². The van der Waals surface area contributed by atoms with Crippen molar-refractivity contribution in [3.63, 3.8) is 0 Å². The number of nitrogens with two attached hydrogens (primary N) is 1. The molecule has 2 bridgehead atoms. The summed E-state index contributed by atoms with van der Waals surface area (Å²) in [5.41, 5.74) is 6.33. The number of nitrogens with zero attached hydrogens (tertiary/aromatic N) is 1. The van der Waals surface area contributed by atoms with Gasteiger partial charge in [-0.15, -0.1) is 11.3 Å². The first-order valence-corrected chi connectivity index (χ1v) is 15.6. The van der Waals surface area contributed by atoms with Crippen LogP contribution in [0.2, 0.25) is 0 Å². The highest BCUT2D eigenvalue weighted by atomic mass is 32.1. The molecule has 2 aliphatic carbocycles. The number of carbonyl (C=O) groups is 2. The van der Waals surface area contributed by atoms with Crippen LogP contribution < -0.4 is 15.8 Å². The van der Waals surface area contributed by atoms with Crippen LogP contribution in [0.1, 0.15) is 101 Å². The van der Waals surface area contributed by atoms with Crippen LogP contribution in [-0.2, 0) is 9.53 Å². The third-order valence-corrected chi connectivity index (χ3v) is 9.79. The summed E-state index contributed by atoms with van der Waals surface area (Å²) in [5, 5.41) is 4.28. The van der Waals surface area contributed by atoms with Gasteiger partial charge in [-0.05, 0) is 80.8 Å². The Morgan fingerprint density at radius 1 is 1.23 bits per heavy atom. The summed E-state index contributed by atoms with van der Waals surface area (Å²) < 4.78 is 11.8. The minimum atomic E-state index is -0.0134. The van der Waals surface area contributed by atoms with Crippen molar-refractivity contribution in [2.75, 3.05) is 20.3 Å². The van der Waals surface area contributed by atoms with E-state index >= 15 is 0 Å². The molecule has 2 amide bonds. The summed E-state index contributed by atoms with van der Waals surface area (Å²) in [6, 6.07) is 4.07. The Bertz CT molecular complexity index is 1030. The number of methoxy groups -OCH3 is 1. The van der Waals surface area contributed by atoms with Gasteiger partial charge < -0.3 is 20.5 Å². The van der Waals surface area contributed by atoms with Gasteiger partial charge in [0, 0.05) is 19.3 Å². The minimum absolute atomic E-state index is 0.0134. The highest BCUT2D eigenvalue weighted by Crippen LogP contribution is 2.48. The lowest BCUT2D eigenvalue weighted by Crippen LogP contribution is -2.43. The van der Waals surface area contributed by atoms with E-state index in [4.69, 9.17) is 14.3 Å². The van der Waals surface area contributed by atoms with E-state index < -0.39 is 0 Å². The predicted octanol–water partition coefficient (Wildman–Crippen LogP) is 6.90. The molecule has 1 aromatic heterocycles. The van der Waals surface area contributed by atoms with E-state index in [1.54, 1.807) is 18.4 Å². The molecule has 5 rings (SSSR count). The molecule has 3 N–H and O–H groups in total. The Kier molecular flexibility index (Phi) is 13.7. The van der Waals surface area contributed by atoms with Gasteiger partial charge in [-0.3, -0.25) is 9.59 Å². The number of nitrogens with one attached hydrogen (secondary N) is 1. The van der Waals surface area contributed by atoms with E-state index in [1.807, 2.05) is 32.9 Å². The first kappa shape index (κ1) is 33.0. The van der Waals surface area contributed by atoms with E-state index in [-0.39, 0.29) is 12.3 Å². The lowest BCUT2D eigenvalue weighted by atomic mass is 9.74. The molecule has 0 spiro atoms. The number of aromatic nitrogens is 1. The number of amides is 2. The number of hydrogen-bond donors (Lipinski definition) is 2. The molecule has 2 aromatic rings. The van der Waals surface area contributed by atoms with Gasteiger partial charge in [0.25, 0.3) is 5.91 Å². The summed E-state index contributed by atoms with van der Waals surface area (Å²) in [5.74, 6) is 2.63. The van der Waals surface area contributed by atoms with E-state index in [9.17, 15) is 4.79 Å². The van der Waals surface area contributed by atoms with Crippen LogP contribution in [0.15, 0.2) is 12.1 Å². The van der Waals surface area contributed by atoms with Crippen LogP contribution in [-0.4, -0.2) is 43.7 Å². The van der Waals surface area contributed by atoms with Crippen molar-refractivity contribution < 1.29 is 19.1 Å². The summed E-state index contributed by atoms with van der Waals surface area (Å²) in [6.07, 6.45) is 10.7. The topological polar surface area (TPSA) is 104 Å². The van der Waals surface area contributed by atoms with Gasteiger partial charge in [0.15, 0.2) is 0 Å². The lowest BCUT2D eigenvalue weighted by Gasteiger charge is -2.36. The fourth-order valence-electron chi connectivity index (χ4n) is 6.64. The molecule has 220 valence electrons. The molecule has 39 heavy (non-hydrogen) atoms. The fourth-order valence-corrected chi connectivity index (χ4v) is 7.59. The van der Waals surface area contributed by atoms with E-state index in [0.717, 1.165) is 34.4 Å². The fraction of sp³-hybridized carbons (Fsp3) is 0.710. The maximum absolute atomic E-state index is 13.0. The highest BCUT2D eigenvalue weighted by Gasteiger charge is 2.46. The number of primary amides is 1. The number of benzene rings is 1. The second-order valence-electron chi connectivity index (χ2n) is 10.8. The first-order chi connectivity index (χ1) is 18.8. The molecule has 3 unspecified atom stereocenters. The first-order valence-electron chi connectivity index (χ1n) is 14.8. The van der Waals surface area contributed by atoms with Crippen LogP contribution in [0, 0.1) is 30.1 Å². The van der Waals surface area contributed by atoms with Gasteiger partial charge in [-0.25, -0.2) is 4.98 Å². The highest BCUT2D eigenvalue weighted by molar-refractivity contribution is 7.19. The molecule has 7 nitrogen and oxygen atoms in total. The van der Waals surface area contributed by atoms with E-state index in [1.165, 1.54) is 51.4 Å². The number of hydrogen-bond acceptors (Lipinski definition) is 6. The quantitative estimate of drug-likeness (QED) is 0.374. The van der Waals surface area contributed by atoms with Crippen molar-refractivity contribution >= 4 is 33.9 Å². The average Bonchev–Trinajstić information content (AvgIpc) is 3.66. The second-order valence-corrected chi connectivity index (χ2v) is 12.0. The van der Waals surface area contributed by atoms with Crippen molar-refractivity contribution in [3.05, 3.63) is 22.7 Å². The standard InChI is InChI=1S/C18H22N2O2S.C10H20O.C2H6.CH3NO/c1-9-11-4-5-12(8-11)16(9)20-18(21)15-14(22-3)7-6-13-17(15)23-10(2)19-13;1-3-5-10(4-2)6-8-11-9-7-10;1-2;2-1-3/h6-7,9,11-12,16H,4-5,8H2,1-3H3,(H,20,21);3-9H2,1-2H3;1-2H3;1H,(H2,2,3)/t9?,11-,12?,16?;;;/m1.../s1. The lowest BCUT2D eigenvalue weighted by molar-refractivity contribution is -0.106. The van der Waals surface area contributed by atoms with Crippen molar-refractivity contribution in [1.82, 2.24) is 10.3 Å². The van der Waals surface area contributed by atoms with Crippen LogP contribution in [0.4, 0.5) is 0 Å². The van der Waals surface area contributed by atoms with Crippen molar-refractivity contribution in [1.29, 1.82) is 0 Å². The Morgan fingerprint density at radius 2 is 1.87 bits per heavy atom. The van der Waals surface area contributed by atoms with Crippen LogP contribution in [0.3, 0.4) is 0 Å². The molecule has 4 atom stereocenters. The maximum atomic E-state index is 13.0. The Hall–Kier alpha value is -2.19. The van der Waals surface area contributed by atoms with Crippen LogP contribution in [0.25, 0.3) is 10.2 Å². The minimum Gasteiger partial charge on any atom is -0.496 e. The number of fused-ring (bicyclic) bond motifs is 3. The predicted molar refractivity (Wildman–Crippen MR) is 161 cm³/mol. The Morgan fingerprint density at radius 3 is 2.41 bits per heavy atom. The molecular formula is C31H51N3O4S. The van der Waals surface area contributed by atoms with Crippen LogP contribution in [0.5, 0.6) is 5.75 Å². The largest absolute Gasteiger partial charge is 0.496 e. The molecular weight excluding hydrogens is 510 g/mol. The summed E-state index contributed by atoms with van der Waals surface area (Å²) in [4.78, 5) is 26.1. The molecule has 8 heteroatoms. The molecule has 1 saturated heterocycles. The third kappa shape index (κ3) is 8.16. The summed E-state index contributed by atoms with van der Waals surface area (Å²) in [7, 11) is 1.62. The Labute approximate surface area is 239 Å². The zero-order chi connectivity index (χ0) is 29.0. The Balaban J connectivity index is 0.000000280. The normalized spacial score (nSPS) is 24.3. The zero-order valence-electron chi connectivity index (χ0n) is 25.2. The van der Waals surface area contributed by atoms with Crippen LogP contribution >= 0.6 is 11.3 Å². The summed E-state index contributed by atoms with van der Waals surface area (Å²) in [6.45, 7) is 14.8. The summed E-state index contributed by atoms with van der Waals surface area (Å²) >= 11 is 1.56. The van der Waals surface area contributed by atoms with Crippen molar-refractivity contribution in [3.8, 4) is 5.75 Å². The van der Waals surface area contributed by atoms with Gasteiger partial charge in [-0.1, -0.05) is 47.5 Å². The molecule has 3 fully saturated rings. The number of thiazole rings is 1. The van der Waals surface area contributed by atoms with E-state index in [2.05, 4.69) is 36.8 Å². The van der Waals surface area contributed by atoms with E-state index in [0.29, 0.717) is 34.6 Å². The molecule has 1 aliphatic heterocycles. The van der Waals surface area contributed by atoms with Crippen molar-refractivity contribution in [2.45, 2.75) is 99.0 Å². The maximum Gasteiger partial charge on any atom is 0.256 e. The molecule has 2 heterocycles. The average molecular weight is 562 g/mol. The van der Waals surface area contributed by atoms with Crippen molar-refractivity contribution in [2.24, 2.45) is 28.9 Å². The zero-order valence-corrected chi connectivity index (χ0v) is 26.0. The number of ether oxygens (including phenoxy) is 2. The molecule has 2 saturated carbocycles. The molecule has 0 radical (unpaired) electrons. The SMILES string of the molecule is CC.CCCC1(CC)CCOCC1.COc1ccc2nc(C)sc2c1C(=O)NC1C2CC[C@H](C2)C1C.NC=O. The monoisotopic (exact) mass is 561 g/mol. The van der Waals surface area contributed by atoms with Gasteiger partial charge in [0.1, 0.15) is 11.3 Å². The smallest absolute Gasteiger partial charge is 0.256 e. The van der Waals surface area contributed by atoms with Gasteiger partial charge in [0.05, 0.1) is 22.3 Å². The van der Waals surface area contributed by atoms with Gasteiger partial charge in [-0.2, -0.15) is 0 Å².